The minimum Gasteiger partial charge on any atom is -0.344 e. The van der Waals surface area contributed by atoms with E-state index >= 15 is 0 Å². The number of aromatic nitrogens is 1. The zero-order valence-electron chi connectivity index (χ0n) is 16.3. The van der Waals surface area contributed by atoms with Crippen molar-refractivity contribution in [2.24, 2.45) is 0 Å². The average Bonchev–Trinajstić information content (AvgIpc) is 2.99. The smallest absolute Gasteiger partial charge is 0.246 e. The lowest BCUT2D eigenvalue weighted by Crippen LogP contribution is -2.30. The van der Waals surface area contributed by atoms with Gasteiger partial charge in [0.15, 0.2) is 0 Å². The number of amides is 1. The molecular formula is C24H24ClN3O. The molecular weight excluding hydrogens is 382 g/mol. The van der Waals surface area contributed by atoms with Crippen molar-refractivity contribution in [1.82, 2.24) is 9.88 Å². The lowest BCUT2D eigenvalue weighted by atomic mass is 10.0. The van der Waals surface area contributed by atoms with Crippen LogP contribution in [0, 0.1) is 0 Å². The van der Waals surface area contributed by atoms with Crippen LogP contribution < -0.4 is 5.32 Å². The first-order valence-corrected chi connectivity index (χ1v) is 10.3. The predicted molar refractivity (Wildman–Crippen MR) is 120 cm³/mol. The number of rotatable bonds is 3. The van der Waals surface area contributed by atoms with E-state index in [4.69, 9.17) is 11.6 Å². The maximum atomic E-state index is 12.7. The Kier molecular flexibility index (Phi) is 5.81. The molecule has 1 aromatic heterocycles. The summed E-state index contributed by atoms with van der Waals surface area (Å²) in [5.74, 6) is 0.915. The lowest BCUT2D eigenvalue weighted by molar-refractivity contribution is -0.125. The Morgan fingerprint density at radius 1 is 1.17 bits per heavy atom. The van der Waals surface area contributed by atoms with Gasteiger partial charge in [0.2, 0.25) is 5.91 Å². The molecule has 0 saturated heterocycles. The van der Waals surface area contributed by atoms with Gasteiger partial charge in [-0.15, -0.1) is 0 Å². The Labute approximate surface area is 176 Å². The van der Waals surface area contributed by atoms with E-state index < -0.39 is 0 Å². The third-order valence-electron chi connectivity index (χ3n) is 5.36. The summed E-state index contributed by atoms with van der Waals surface area (Å²) in [6.45, 7) is 5.40. The first-order valence-electron chi connectivity index (χ1n) is 9.94. The van der Waals surface area contributed by atoms with Gasteiger partial charge < -0.3 is 10.2 Å². The third-order valence-corrected chi connectivity index (χ3v) is 5.62. The van der Waals surface area contributed by atoms with Gasteiger partial charge in [-0.25, -0.2) is 4.98 Å². The fourth-order valence-electron chi connectivity index (χ4n) is 3.72. The molecule has 2 aromatic rings. The van der Waals surface area contributed by atoms with Crippen LogP contribution in [0.15, 0.2) is 61.0 Å². The molecule has 0 fully saturated rings. The molecule has 0 bridgehead atoms. The van der Waals surface area contributed by atoms with Gasteiger partial charge in [-0.1, -0.05) is 36.4 Å². The van der Waals surface area contributed by atoms with Gasteiger partial charge in [0.1, 0.15) is 5.82 Å². The van der Waals surface area contributed by atoms with Crippen molar-refractivity contribution in [3.63, 3.8) is 0 Å². The van der Waals surface area contributed by atoms with Gasteiger partial charge in [-0.2, -0.15) is 0 Å². The molecule has 0 aliphatic carbocycles. The van der Waals surface area contributed by atoms with E-state index in [0.29, 0.717) is 6.54 Å². The number of carbonyl (C=O) groups excluding carboxylic acids is 1. The molecule has 4 rings (SSSR count). The molecule has 1 aromatic carbocycles. The van der Waals surface area contributed by atoms with E-state index in [1.165, 1.54) is 16.7 Å². The summed E-state index contributed by atoms with van der Waals surface area (Å²) < 4.78 is 0. The van der Waals surface area contributed by atoms with Crippen molar-refractivity contribution in [1.29, 1.82) is 0 Å². The summed E-state index contributed by atoms with van der Waals surface area (Å²) in [5.41, 5.74) is 5.56. The fraction of sp³-hybridized carbons (Fsp3) is 0.250. The maximum Gasteiger partial charge on any atom is 0.246 e. The normalized spacial score (nSPS) is 16.8. The fourth-order valence-corrected chi connectivity index (χ4v) is 3.85. The van der Waals surface area contributed by atoms with Crippen molar-refractivity contribution in [2.45, 2.75) is 25.7 Å². The van der Waals surface area contributed by atoms with Crippen LogP contribution in [0.4, 0.5) is 5.82 Å². The summed E-state index contributed by atoms with van der Waals surface area (Å²) in [4.78, 5) is 19.1. The van der Waals surface area contributed by atoms with Crippen LogP contribution >= 0.6 is 11.6 Å². The van der Waals surface area contributed by atoms with E-state index in [-0.39, 0.29) is 5.91 Å². The van der Waals surface area contributed by atoms with Crippen LogP contribution in [0.3, 0.4) is 0 Å². The number of carbonyl (C=O) groups is 1. The number of halogens is 1. The van der Waals surface area contributed by atoms with Crippen molar-refractivity contribution in [3.8, 4) is 0 Å². The van der Waals surface area contributed by atoms with Crippen molar-refractivity contribution in [3.05, 3.63) is 82.7 Å². The molecule has 0 saturated carbocycles. The summed E-state index contributed by atoms with van der Waals surface area (Å²) >= 11 is 5.99. The molecule has 29 heavy (non-hydrogen) atoms. The monoisotopic (exact) mass is 405 g/mol. The molecule has 1 N–H and O–H groups in total. The van der Waals surface area contributed by atoms with Gasteiger partial charge >= 0.3 is 0 Å². The zero-order valence-corrected chi connectivity index (χ0v) is 17.1. The quantitative estimate of drug-likeness (QED) is 0.702. The molecule has 1 amide bonds. The average molecular weight is 406 g/mol. The molecule has 2 aliphatic heterocycles. The highest BCUT2D eigenvalue weighted by atomic mass is 35.5. The van der Waals surface area contributed by atoms with Crippen LogP contribution in [-0.2, 0) is 11.2 Å². The van der Waals surface area contributed by atoms with E-state index in [0.717, 1.165) is 54.3 Å². The second kappa shape index (κ2) is 8.66. The minimum absolute atomic E-state index is 0.0416. The van der Waals surface area contributed by atoms with Crippen LogP contribution in [0.5, 0.6) is 0 Å². The molecule has 2 aliphatic rings. The number of anilines is 1. The topological polar surface area (TPSA) is 45.2 Å². The molecule has 0 spiro atoms. The highest BCUT2D eigenvalue weighted by Gasteiger charge is 2.16. The molecule has 0 unspecified atom stereocenters. The SMILES string of the molecule is C=C1CCc2cc(/C=C/C(=O)N3CCC=C(c4ccc(Cl)cc4)CC3)cnc2N1. The van der Waals surface area contributed by atoms with Crippen molar-refractivity contribution in [2.75, 3.05) is 18.4 Å². The molecule has 5 heteroatoms. The number of hydrogen-bond donors (Lipinski definition) is 1. The van der Waals surface area contributed by atoms with Crippen LogP contribution in [0.25, 0.3) is 11.6 Å². The molecule has 148 valence electrons. The van der Waals surface area contributed by atoms with Gasteiger partial charge in [-0.3, -0.25) is 4.79 Å². The number of pyridine rings is 1. The second-order valence-corrected chi connectivity index (χ2v) is 7.87. The van der Waals surface area contributed by atoms with E-state index in [1.54, 1.807) is 12.3 Å². The number of hydrogen-bond acceptors (Lipinski definition) is 3. The molecule has 4 nitrogen and oxygen atoms in total. The third kappa shape index (κ3) is 4.77. The minimum atomic E-state index is 0.0416. The highest BCUT2D eigenvalue weighted by Crippen LogP contribution is 2.25. The van der Waals surface area contributed by atoms with Gasteiger partial charge in [-0.05, 0) is 72.2 Å². The second-order valence-electron chi connectivity index (χ2n) is 7.44. The summed E-state index contributed by atoms with van der Waals surface area (Å²) in [7, 11) is 0. The number of allylic oxidation sites excluding steroid dienone is 1. The van der Waals surface area contributed by atoms with E-state index in [1.807, 2.05) is 35.2 Å². The Morgan fingerprint density at radius 3 is 2.83 bits per heavy atom. The summed E-state index contributed by atoms with van der Waals surface area (Å²) in [6.07, 6.45) is 11.1. The molecule has 0 radical (unpaired) electrons. The van der Waals surface area contributed by atoms with Crippen LogP contribution in [0.2, 0.25) is 5.02 Å². The first-order chi connectivity index (χ1) is 14.1. The molecule has 0 atom stereocenters. The van der Waals surface area contributed by atoms with E-state index in [2.05, 4.69) is 29.0 Å². The number of aryl methyl sites for hydroxylation is 1. The van der Waals surface area contributed by atoms with Gasteiger partial charge in [0.05, 0.1) is 0 Å². The van der Waals surface area contributed by atoms with E-state index in [9.17, 15) is 4.79 Å². The van der Waals surface area contributed by atoms with Crippen LogP contribution in [0.1, 0.15) is 36.0 Å². The van der Waals surface area contributed by atoms with Crippen molar-refractivity contribution < 1.29 is 4.79 Å². The Morgan fingerprint density at radius 2 is 2.00 bits per heavy atom. The van der Waals surface area contributed by atoms with Gasteiger partial charge in [0.25, 0.3) is 0 Å². The number of nitrogens with one attached hydrogen (secondary N) is 1. The maximum absolute atomic E-state index is 12.7. The number of fused-ring (bicyclic) bond motifs is 1. The number of nitrogens with zero attached hydrogens (tertiary/aromatic N) is 2. The zero-order chi connectivity index (χ0) is 20.2. The number of benzene rings is 1. The lowest BCUT2D eigenvalue weighted by Gasteiger charge is -2.19. The van der Waals surface area contributed by atoms with Crippen LogP contribution in [-0.4, -0.2) is 28.9 Å². The predicted octanol–water partition coefficient (Wildman–Crippen LogP) is 5.33. The molecule has 3 heterocycles. The van der Waals surface area contributed by atoms with Crippen molar-refractivity contribution >= 4 is 35.0 Å². The summed E-state index contributed by atoms with van der Waals surface area (Å²) in [6, 6.07) is 9.99. The Bertz CT molecular complexity index is 992. The standard InChI is InChI=1S/C24H24ClN3O/c1-17-4-6-21-15-18(16-26-24(21)27-17)5-11-23(29)28-13-2-3-19(12-14-28)20-7-9-22(25)10-8-20/h3,5,7-11,15-16H,1-2,4,6,12-14H2,(H,26,27)/b11-5+. The Hall–Kier alpha value is -2.85. The highest BCUT2D eigenvalue weighted by molar-refractivity contribution is 6.30. The Balaban J connectivity index is 1.38. The first kappa shape index (κ1) is 19.5. The summed E-state index contributed by atoms with van der Waals surface area (Å²) in [5, 5.41) is 3.95. The van der Waals surface area contributed by atoms with Gasteiger partial charge in [0, 0.05) is 36.1 Å². The largest absolute Gasteiger partial charge is 0.344 e.